The van der Waals surface area contributed by atoms with Crippen molar-refractivity contribution >= 4 is 17.2 Å². The zero-order valence-electron chi connectivity index (χ0n) is 10.4. The lowest BCUT2D eigenvalue weighted by atomic mass is 10.3. The van der Waals surface area contributed by atoms with Crippen molar-refractivity contribution in [2.75, 3.05) is 26.9 Å². The highest BCUT2D eigenvalue weighted by molar-refractivity contribution is 7.14. The molecule has 0 aliphatic rings. The van der Waals surface area contributed by atoms with Gasteiger partial charge in [-0.05, 0) is 18.6 Å². The summed E-state index contributed by atoms with van der Waals surface area (Å²) in [5, 5.41) is 11.4. The van der Waals surface area contributed by atoms with Gasteiger partial charge in [0.05, 0.1) is 16.4 Å². The van der Waals surface area contributed by atoms with E-state index in [1.165, 1.54) is 11.3 Å². The number of aliphatic hydroxyl groups excluding tert-OH is 1. The Morgan fingerprint density at radius 2 is 2.39 bits per heavy atom. The molecule has 18 heavy (non-hydrogen) atoms. The van der Waals surface area contributed by atoms with Gasteiger partial charge in [-0.2, -0.15) is 0 Å². The van der Waals surface area contributed by atoms with Gasteiger partial charge in [0.1, 0.15) is 0 Å². The highest BCUT2D eigenvalue weighted by Gasteiger charge is 2.07. The van der Waals surface area contributed by atoms with Gasteiger partial charge < -0.3 is 15.2 Å². The van der Waals surface area contributed by atoms with Gasteiger partial charge in [-0.15, -0.1) is 11.3 Å². The maximum Gasteiger partial charge on any atom is 0.261 e. The van der Waals surface area contributed by atoms with Crippen LogP contribution in [-0.2, 0) is 4.74 Å². The predicted octanol–water partition coefficient (Wildman–Crippen LogP) is 1.25. The van der Waals surface area contributed by atoms with E-state index in [1.54, 1.807) is 13.2 Å². The molecule has 0 saturated carbocycles. The van der Waals surface area contributed by atoms with Crippen molar-refractivity contribution in [2.24, 2.45) is 0 Å². The molecule has 0 bridgehead atoms. The molecular formula is C13H17NO3S. The molecule has 0 atom stereocenters. The molecule has 0 unspecified atom stereocenters. The number of carbonyl (C=O) groups is 1. The van der Waals surface area contributed by atoms with E-state index < -0.39 is 0 Å². The number of carbonyl (C=O) groups excluding carboxylic acids is 1. The van der Waals surface area contributed by atoms with Crippen molar-refractivity contribution in [1.29, 1.82) is 0 Å². The van der Waals surface area contributed by atoms with Crippen molar-refractivity contribution in [3.05, 3.63) is 21.9 Å². The molecule has 1 aromatic rings. The van der Waals surface area contributed by atoms with Crippen LogP contribution < -0.4 is 5.32 Å². The van der Waals surface area contributed by atoms with E-state index in [-0.39, 0.29) is 12.5 Å². The summed E-state index contributed by atoms with van der Waals surface area (Å²) in [6, 6.07) is 3.58. The number of aliphatic hydroxyl groups is 1. The molecule has 4 nitrogen and oxygen atoms in total. The van der Waals surface area contributed by atoms with Crippen molar-refractivity contribution in [1.82, 2.24) is 5.32 Å². The van der Waals surface area contributed by atoms with Gasteiger partial charge >= 0.3 is 0 Å². The Morgan fingerprint density at radius 1 is 1.56 bits per heavy atom. The topological polar surface area (TPSA) is 58.6 Å². The van der Waals surface area contributed by atoms with Crippen LogP contribution in [0.5, 0.6) is 0 Å². The lowest BCUT2D eigenvalue weighted by Crippen LogP contribution is -2.24. The van der Waals surface area contributed by atoms with E-state index in [2.05, 4.69) is 17.2 Å². The number of thiophene rings is 1. The van der Waals surface area contributed by atoms with Crippen LogP contribution in [0, 0.1) is 11.8 Å². The van der Waals surface area contributed by atoms with Crippen LogP contribution in [0.15, 0.2) is 12.1 Å². The average Bonchev–Trinajstić information content (AvgIpc) is 2.84. The minimum atomic E-state index is -0.0775. The summed E-state index contributed by atoms with van der Waals surface area (Å²) < 4.78 is 4.90. The second kappa shape index (κ2) is 8.70. The van der Waals surface area contributed by atoms with Crippen LogP contribution in [0.3, 0.4) is 0 Å². The lowest BCUT2D eigenvalue weighted by Gasteiger charge is -2.02. The fourth-order valence-corrected chi connectivity index (χ4v) is 2.04. The third-order valence-electron chi connectivity index (χ3n) is 2.09. The average molecular weight is 267 g/mol. The first-order valence-corrected chi connectivity index (χ1v) is 6.56. The number of methoxy groups -OCH3 is 1. The Kier molecular flexibility index (Phi) is 7.11. The van der Waals surface area contributed by atoms with E-state index in [1.807, 2.05) is 6.07 Å². The van der Waals surface area contributed by atoms with Crippen LogP contribution in [0.1, 0.15) is 27.4 Å². The summed E-state index contributed by atoms with van der Waals surface area (Å²) in [5.41, 5.74) is 0. The summed E-state index contributed by atoms with van der Waals surface area (Å²) in [5.74, 6) is 5.65. The second-order valence-corrected chi connectivity index (χ2v) is 4.63. The zero-order valence-corrected chi connectivity index (χ0v) is 11.2. The Labute approximate surface area is 111 Å². The van der Waals surface area contributed by atoms with Gasteiger partial charge in [-0.25, -0.2) is 0 Å². The molecule has 1 aromatic heterocycles. The summed E-state index contributed by atoms with van der Waals surface area (Å²) >= 11 is 1.36. The molecule has 1 rings (SSSR count). The van der Waals surface area contributed by atoms with Gasteiger partial charge in [0.2, 0.25) is 0 Å². The molecule has 0 spiro atoms. The maximum atomic E-state index is 11.7. The normalized spacial score (nSPS) is 9.67. The van der Waals surface area contributed by atoms with Crippen LogP contribution in [-0.4, -0.2) is 37.9 Å². The first-order chi connectivity index (χ1) is 8.77. The Bertz CT molecular complexity index is 431. The quantitative estimate of drug-likeness (QED) is 0.602. The molecule has 0 aliphatic heterocycles. The SMILES string of the molecule is COCCCNC(=O)c1ccc(C#CCCO)s1. The first kappa shape index (κ1) is 14.7. The van der Waals surface area contributed by atoms with Gasteiger partial charge in [-0.3, -0.25) is 4.79 Å². The van der Waals surface area contributed by atoms with E-state index >= 15 is 0 Å². The molecule has 0 radical (unpaired) electrons. The largest absolute Gasteiger partial charge is 0.395 e. The van der Waals surface area contributed by atoms with Crippen molar-refractivity contribution < 1.29 is 14.6 Å². The Hall–Kier alpha value is -1.35. The minimum Gasteiger partial charge on any atom is -0.395 e. The summed E-state index contributed by atoms with van der Waals surface area (Å²) in [6.07, 6.45) is 1.26. The molecule has 0 aromatic carbocycles. The number of hydrogen-bond acceptors (Lipinski definition) is 4. The lowest BCUT2D eigenvalue weighted by molar-refractivity contribution is 0.0952. The smallest absolute Gasteiger partial charge is 0.261 e. The van der Waals surface area contributed by atoms with Crippen LogP contribution in [0.4, 0.5) is 0 Å². The van der Waals surface area contributed by atoms with E-state index in [4.69, 9.17) is 9.84 Å². The number of amides is 1. The molecule has 0 saturated heterocycles. The number of rotatable bonds is 6. The number of ether oxygens (including phenoxy) is 1. The van der Waals surface area contributed by atoms with Crippen molar-refractivity contribution in [3.63, 3.8) is 0 Å². The maximum absolute atomic E-state index is 11.7. The van der Waals surface area contributed by atoms with Crippen LogP contribution in [0.25, 0.3) is 0 Å². The Balaban J connectivity index is 2.42. The molecule has 0 fully saturated rings. The van der Waals surface area contributed by atoms with Crippen LogP contribution >= 0.6 is 11.3 Å². The minimum absolute atomic E-state index is 0.0607. The Morgan fingerprint density at radius 3 is 3.11 bits per heavy atom. The summed E-state index contributed by atoms with van der Waals surface area (Å²) in [6.45, 7) is 1.31. The highest BCUT2D eigenvalue weighted by atomic mass is 32.1. The molecule has 2 N–H and O–H groups in total. The molecule has 5 heteroatoms. The molecule has 98 valence electrons. The fraction of sp³-hybridized carbons (Fsp3) is 0.462. The molecular weight excluding hydrogens is 250 g/mol. The summed E-state index contributed by atoms with van der Waals surface area (Å²) in [7, 11) is 1.64. The first-order valence-electron chi connectivity index (χ1n) is 5.74. The monoisotopic (exact) mass is 267 g/mol. The number of hydrogen-bond donors (Lipinski definition) is 2. The van der Waals surface area contributed by atoms with Gasteiger partial charge in [-0.1, -0.05) is 11.8 Å². The van der Waals surface area contributed by atoms with Gasteiger partial charge in [0, 0.05) is 26.7 Å². The summed E-state index contributed by atoms with van der Waals surface area (Å²) in [4.78, 5) is 13.2. The van der Waals surface area contributed by atoms with E-state index in [9.17, 15) is 4.79 Å². The predicted molar refractivity (Wildman–Crippen MR) is 71.7 cm³/mol. The third kappa shape index (κ3) is 5.32. The number of nitrogens with one attached hydrogen (secondary N) is 1. The zero-order chi connectivity index (χ0) is 13.2. The van der Waals surface area contributed by atoms with Gasteiger partial charge in [0.25, 0.3) is 5.91 Å². The van der Waals surface area contributed by atoms with Gasteiger partial charge in [0.15, 0.2) is 0 Å². The standard InChI is InChI=1S/C13H17NO3S/c1-17-10-4-8-14-13(16)12-7-6-11(18-12)5-2-3-9-15/h6-7,15H,3-4,8-10H2,1H3,(H,14,16). The third-order valence-corrected chi connectivity index (χ3v) is 3.09. The fourth-order valence-electron chi connectivity index (χ4n) is 1.24. The van der Waals surface area contributed by atoms with Crippen molar-refractivity contribution in [3.8, 4) is 11.8 Å². The molecule has 1 amide bonds. The van der Waals surface area contributed by atoms with Crippen LogP contribution in [0.2, 0.25) is 0 Å². The molecule has 1 heterocycles. The highest BCUT2D eigenvalue weighted by Crippen LogP contribution is 2.15. The van der Waals surface area contributed by atoms with Crippen molar-refractivity contribution in [2.45, 2.75) is 12.8 Å². The second-order valence-electron chi connectivity index (χ2n) is 3.54. The van der Waals surface area contributed by atoms with E-state index in [0.29, 0.717) is 24.4 Å². The van der Waals surface area contributed by atoms with E-state index in [0.717, 1.165) is 11.3 Å². The molecule has 0 aliphatic carbocycles.